The van der Waals surface area contributed by atoms with Gasteiger partial charge in [0, 0.05) is 6.42 Å². The summed E-state index contributed by atoms with van der Waals surface area (Å²) in [6, 6.07) is 4.91. The Kier molecular flexibility index (Phi) is 8.72. The Bertz CT molecular complexity index is 586. The summed E-state index contributed by atoms with van der Waals surface area (Å²) in [5, 5.41) is 6.17. The topological polar surface area (TPSA) is 76.7 Å². The van der Waals surface area contributed by atoms with Gasteiger partial charge in [-0.2, -0.15) is 0 Å². The third-order valence-corrected chi connectivity index (χ3v) is 3.98. The number of rotatable bonds is 7. The Labute approximate surface area is 155 Å². The van der Waals surface area contributed by atoms with E-state index in [-0.39, 0.29) is 24.4 Å². The number of nitrogens with one attached hydrogen (secondary N) is 2. The van der Waals surface area contributed by atoms with Gasteiger partial charge in [-0.1, -0.05) is 0 Å². The molecule has 2 N–H and O–H groups in total. The van der Waals surface area contributed by atoms with Gasteiger partial charge in [-0.3, -0.25) is 4.79 Å². The molecule has 1 fully saturated rings. The molecule has 2 rings (SSSR count). The average molecular weight is 371 g/mol. The van der Waals surface area contributed by atoms with Crippen LogP contribution in [0.25, 0.3) is 0 Å². The van der Waals surface area contributed by atoms with Gasteiger partial charge in [-0.05, 0) is 63.9 Å². The second-order valence-electron chi connectivity index (χ2n) is 6.31. The largest absolute Gasteiger partial charge is 0.489 e. The normalized spacial score (nSPS) is 16.2. The van der Waals surface area contributed by atoms with Crippen LogP contribution in [0.15, 0.2) is 18.2 Å². The van der Waals surface area contributed by atoms with Crippen molar-refractivity contribution < 1.29 is 19.1 Å². The van der Waals surface area contributed by atoms with Crippen LogP contribution in [0.4, 0.5) is 5.69 Å². The molecule has 1 unspecified atom stereocenters. The molecule has 1 atom stereocenters. The summed E-state index contributed by atoms with van der Waals surface area (Å²) in [5.74, 6) is 0.591. The van der Waals surface area contributed by atoms with Crippen molar-refractivity contribution in [3.05, 3.63) is 23.8 Å². The molecule has 1 aliphatic heterocycles. The van der Waals surface area contributed by atoms with Crippen LogP contribution in [0.2, 0.25) is 0 Å². The number of hydrogen-bond acceptors (Lipinski definition) is 5. The number of carbonyl (C=O) groups excluding carboxylic acids is 2. The van der Waals surface area contributed by atoms with Crippen molar-refractivity contribution >= 4 is 30.0 Å². The summed E-state index contributed by atoms with van der Waals surface area (Å²) in [6.07, 6.45) is 2.40. The quantitative estimate of drug-likeness (QED) is 0.721. The highest BCUT2D eigenvalue weighted by Gasteiger charge is 2.17. The van der Waals surface area contributed by atoms with Crippen LogP contribution in [-0.2, 0) is 9.53 Å². The third-order valence-electron chi connectivity index (χ3n) is 3.98. The van der Waals surface area contributed by atoms with Crippen molar-refractivity contribution in [1.29, 1.82) is 0 Å². The first kappa shape index (κ1) is 21.3. The van der Waals surface area contributed by atoms with Crippen LogP contribution >= 0.6 is 12.4 Å². The van der Waals surface area contributed by atoms with E-state index in [0.29, 0.717) is 29.3 Å². The van der Waals surface area contributed by atoms with Gasteiger partial charge in [0.25, 0.3) is 0 Å². The van der Waals surface area contributed by atoms with E-state index in [0.717, 1.165) is 25.9 Å². The number of hydrogen-bond donors (Lipinski definition) is 2. The fourth-order valence-corrected chi connectivity index (χ4v) is 2.74. The maximum atomic E-state index is 12.3. The highest BCUT2D eigenvalue weighted by atomic mass is 35.5. The molecule has 140 valence electrons. The van der Waals surface area contributed by atoms with Gasteiger partial charge in [0.2, 0.25) is 5.91 Å². The lowest BCUT2D eigenvalue weighted by molar-refractivity contribution is -0.116. The van der Waals surface area contributed by atoms with Gasteiger partial charge in [-0.25, -0.2) is 4.79 Å². The summed E-state index contributed by atoms with van der Waals surface area (Å²) < 4.78 is 10.4. The standard InChI is InChI=1S/C18H26N2O4.ClH/c1-12(2)24-16-6-5-14(18(22)23-3)10-15(16)20-17(21)7-4-13-8-9-19-11-13;/h5-6,10,12-13,19H,4,7-9,11H2,1-3H3,(H,20,21);1H. The summed E-state index contributed by atoms with van der Waals surface area (Å²) >= 11 is 0. The molecular weight excluding hydrogens is 344 g/mol. The molecule has 0 aliphatic carbocycles. The molecule has 0 spiro atoms. The Morgan fingerprint density at radius 1 is 1.36 bits per heavy atom. The maximum Gasteiger partial charge on any atom is 0.337 e. The Morgan fingerprint density at radius 2 is 2.12 bits per heavy atom. The first-order chi connectivity index (χ1) is 11.5. The van der Waals surface area contributed by atoms with E-state index in [1.165, 1.54) is 7.11 Å². The van der Waals surface area contributed by atoms with Crippen molar-refractivity contribution in [3.63, 3.8) is 0 Å². The lowest BCUT2D eigenvalue weighted by atomic mass is 10.0. The molecule has 1 saturated heterocycles. The van der Waals surface area contributed by atoms with Gasteiger partial charge in [0.1, 0.15) is 5.75 Å². The molecule has 1 amide bonds. The summed E-state index contributed by atoms with van der Waals surface area (Å²) in [4.78, 5) is 24.0. The molecule has 1 heterocycles. The molecule has 1 aromatic carbocycles. The Balaban J connectivity index is 0.00000312. The molecule has 1 aliphatic rings. The minimum Gasteiger partial charge on any atom is -0.489 e. The van der Waals surface area contributed by atoms with Crippen molar-refractivity contribution in [3.8, 4) is 5.75 Å². The van der Waals surface area contributed by atoms with Crippen molar-refractivity contribution in [2.75, 3.05) is 25.5 Å². The molecule has 0 saturated carbocycles. The van der Waals surface area contributed by atoms with Crippen molar-refractivity contribution in [1.82, 2.24) is 5.32 Å². The number of halogens is 1. The van der Waals surface area contributed by atoms with Crippen LogP contribution in [0.3, 0.4) is 0 Å². The summed E-state index contributed by atoms with van der Waals surface area (Å²) in [5.41, 5.74) is 0.880. The molecule has 0 bridgehead atoms. The van der Waals surface area contributed by atoms with Gasteiger partial charge < -0.3 is 20.1 Å². The molecule has 6 nitrogen and oxygen atoms in total. The zero-order valence-corrected chi connectivity index (χ0v) is 15.8. The van der Waals surface area contributed by atoms with Crippen molar-refractivity contribution in [2.24, 2.45) is 5.92 Å². The molecule has 1 aromatic rings. The predicted octanol–water partition coefficient (Wildman–Crippen LogP) is 3.01. The van der Waals surface area contributed by atoms with Gasteiger partial charge in [0.15, 0.2) is 0 Å². The van der Waals surface area contributed by atoms with E-state index < -0.39 is 5.97 Å². The number of anilines is 1. The first-order valence-electron chi connectivity index (χ1n) is 8.39. The number of esters is 1. The SMILES string of the molecule is COC(=O)c1ccc(OC(C)C)c(NC(=O)CCC2CCNC2)c1.Cl. The Hall–Kier alpha value is -1.79. The minimum atomic E-state index is -0.446. The summed E-state index contributed by atoms with van der Waals surface area (Å²) in [6.45, 7) is 5.83. The van der Waals surface area contributed by atoms with E-state index in [4.69, 9.17) is 9.47 Å². The van der Waals surface area contributed by atoms with Gasteiger partial charge in [0.05, 0.1) is 24.5 Å². The second kappa shape index (κ2) is 10.3. The zero-order valence-electron chi connectivity index (χ0n) is 15.0. The average Bonchev–Trinajstić information content (AvgIpc) is 3.07. The van der Waals surface area contributed by atoms with Gasteiger partial charge >= 0.3 is 5.97 Å². The van der Waals surface area contributed by atoms with Gasteiger partial charge in [-0.15, -0.1) is 12.4 Å². The van der Waals surface area contributed by atoms with E-state index in [9.17, 15) is 9.59 Å². The van der Waals surface area contributed by atoms with E-state index in [2.05, 4.69) is 10.6 Å². The van der Waals surface area contributed by atoms with Crippen LogP contribution in [0, 0.1) is 5.92 Å². The number of ether oxygens (including phenoxy) is 2. The lowest BCUT2D eigenvalue weighted by Crippen LogP contribution is -2.17. The third kappa shape index (κ3) is 6.55. The number of benzene rings is 1. The predicted molar refractivity (Wildman–Crippen MR) is 99.6 cm³/mol. The molecule has 25 heavy (non-hydrogen) atoms. The zero-order chi connectivity index (χ0) is 17.5. The maximum absolute atomic E-state index is 12.3. The van der Waals surface area contributed by atoms with Crippen molar-refractivity contribution in [2.45, 2.75) is 39.2 Å². The molecule has 0 aromatic heterocycles. The number of carbonyl (C=O) groups is 2. The monoisotopic (exact) mass is 370 g/mol. The van der Waals surface area contributed by atoms with Crippen LogP contribution in [-0.4, -0.2) is 38.2 Å². The van der Waals surface area contributed by atoms with Crippen LogP contribution in [0.5, 0.6) is 5.75 Å². The van der Waals surface area contributed by atoms with E-state index in [1.54, 1.807) is 18.2 Å². The fraction of sp³-hybridized carbons (Fsp3) is 0.556. The first-order valence-corrected chi connectivity index (χ1v) is 8.39. The molecular formula is C18H27ClN2O4. The minimum absolute atomic E-state index is 0. The van der Waals surface area contributed by atoms with Crippen LogP contribution < -0.4 is 15.4 Å². The second-order valence-corrected chi connectivity index (χ2v) is 6.31. The number of amides is 1. The van der Waals surface area contributed by atoms with Crippen LogP contribution in [0.1, 0.15) is 43.5 Å². The van der Waals surface area contributed by atoms with E-state index >= 15 is 0 Å². The Morgan fingerprint density at radius 3 is 2.72 bits per heavy atom. The fourth-order valence-electron chi connectivity index (χ4n) is 2.74. The smallest absolute Gasteiger partial charge is 0.337 e. The highest BCUT2D eigenvalue weighted by molar-refractivity contribution is 5.96. The summed E-state index contributed by atoms with van der Waals surface area (Å²) in [7, 11) is 1.33. The molecule has 7 heteroatoms. The van der Waals surface area contributed by atoms with E-state index in [1.807, 2.05) is 13.8 Å². The molecule has 0 radical (unpaired) electrons. The lowest BCUT2D eigenvalue weighted by Gasteiger charge is -2.16. The highest BCUT2D eigenvalue weighted by Crippen LogP contribution is 2.28. The number of methoxy groups -OCH3 is 1.